The molecule has 18 heavy (non-hydrogen) atoms. The van der Waals surface area contributed by atoms with Gasteiger partial charge in [0, 0.05) is 32.6 Å². The van der Waals surface area contributed by atoms with Crippen LogP contribution in [0, 0.1) is 0 Å². The zero-order chi connectivity index (χ0) is 13.1. The van der Waals surface area contributed by atoms with Gasteiger partial charge in [-0.1, -0.05) is 0 Å². The van der Waals surface area contributed by atoms with Crippen LogP contribution in [0.1, 0.15) is 26.2 Å². The highest BCUT2D eigenvalue weighted by molar-refractivity contribution is 5.73. The predicted octanol–water partition coefficient (Wildman–Crippen LogP) is -0.171. The van der Waals surface area contributed by atoms with Gasteiger partial charge in [0.1, 0.15) is 0 Å². The van der Waals surface area contributed by atoms with Crippen molar-refractivity contribution in [2.24, 2.45) is 0 Å². The van der Waals surface area contributed by atoms with Crippen molar-refractivity contribution >= 4 is 11.9 Å². The fourth-order valence-electron chi connectivity index (χ4n) is 2.71. The zero-order valence-electron chi connectivity index (χ0n) is 10.6. The van der Waals surface area contributed by atoms with E-state index in [9.17, 15) is 9.59 Å². The van der Waals surface area contributed by atoms with E-state index in [4.69, 9.17) is 9.84 Å². The molecule has 2 aliphatic rings. The van der Waals surface area contributed by atoms with Crippen molar-refractivity contribution in [1.82, 2.24) is 10.2 Å². The molecule has 0 aromatic heterocycles. The number of aliphatic carboxylic acids is 1. The molecule has 3 atom stereocenters. The number of carboxylic acid groups (broad SMARTS) is 1. The lowest BCUT2D eigenvalue weighted by atomic mass is 10.2. The fraction of sp³-hybridized carbons (Fsp3) is 0.833. The average Bonchev–Trinajstić information content (AvgIpc) is 2.88. The summed E-state index contributed by atoms with van der Waals surface area (Å²) in [5, 5.41) is 11.8. The van der Waals surface area contributed by atoms with Crippen molar-refractivity contribution < 1.29 is 19.4 Å². The van der Waals surface area contributed by atoms with E-state index in [1.54, 1.807) is 0 Å². The van der Waals surface area contributed by atoms with Gasteiger partial charge >= 0.3 is 5.97 Å². The van der Waals surface area contributed by atoms with Crippen LogP contribution in [0.3, 0.4) is 0 Å². The summed E-state index contributed by atoms with van der Waals surface area (Å²) in [4.78, 5) is 24.0. The summed E-state index contributed by atoms with van der Waals surface area (Å²) in [7, 11) is 0. The van der Waals surface area contributed by atoms with Gasteiger partial charge in [0.15, 0.2) is 6.10 Å². The summed E-state index contributed by atoms with van der Waals surface area (Å²) in [6.45, 7) is 4.06. The largest absolute Gasteiger partial charge is 0.479 e. The SMILES string of the molecule is CC(=O)NC1CCN(CC2CCC(C(=O)O)O2)C1. The van der Waals surface area contributed by atoms with Crippen LogP contribution in [0.25, 0.3) is 0 Å². The number of carbonyl (C=O) groups is 2. The summed E-state index contributed by atoms with van der Waals surface area (Å²) in [5.74, 6) is -0.861. The minimum Gasteiger partial charge on any atom is -0.479 e. The highest BCUT2D eigenvalue weighted by atomic mass is 16.5. The topological polar surface area (TPSA) is 78.9 Å². The van der Waals surface area contributed by atoms with Crippen LogP contribution in [0.15, 0.2) is 0 Å². The van der Waals surface area contributed by atoms with Crippen LogP contribution >= 0.6 is 0 Å². The third kappa shape index (κ3) is 3.43. The van der Waals surface area contributed by atoms with Gasteiger partial charge in [0.25, 0.3) is 0 Å². The number of hydrogen-bond donors (Lipinski definition) is 2. The molecule has 2 N–H and O–H groups in total. The minimum absolute atomic E-state index is 0.00454. The summed E-state index contributed by atoms with van der Waals surface area (Å²) in [6.07, 6.45) is 1.74. The first kappa shape index (κ1) is 13.3. The second-order valence-corrected chi connectivity index (χ2v) is 5.11. The summed E-state index contributed by atoms with van der Waals surface area (Å²) in [5.41, 5.74) is 0. The number of amides is 1. The molecule has 0 aliphatic carbocycles. The number of nitrogens with one attached hydrogen (secondary N) is 1. The molecule has 102 valence electrons. The number of carbonyl (C=O) groups excluding carboxylic acids is 1. The maximum Gasteiger partial charge on any atom is 0.332 e. The first-order chi connectivity index (χ1) is 8.54. The highest BCUT2D eigenvalue weighted by Crippen LogP contribution is 2.22. The Kier molecular flexibility index (Phi) is 4.19. The van der Waals surface area contributed by atoms with Crippen LogP contribution in [0.2, 0.25) is 0 Å². The van der Waals surface area contributed by atoms with Crippen LogP contribution in [-0.2, 0) is 14.3 Å². The van der Waals surface area contributed by atoms with E-state index < -0.39 is 12.1 Å². The molecule has 2 heterocycles. The third-order valence-electron chi connectivity index (χ3n) is 3.52. The molecule has 2 aliphatic heterocycles. The molecular weight excluding hydrogens is 236 g/mol. The average molecular weight is 256 g/mol. The van der Waals surface area contributed by atoms with E-state index >= 15 is 0 Å². The number of ether oxygens (including phenoxy) is 1. The Morgan fingerprint density at radius 1 is 1.39 bits per heavy atom. The molecule has 0 bridgehead atoms. The smallest absolute Gasteiger partial charge is 0.332 e. The zero-order valence-corrected chi connectivity index (χ0v) is 10.6. The first-order valence-corrected chi connectivity index (χ1v) is 6.42. The first-order valence-electron chi connectivity index (χ1n) is 6.42. The van der Waals surface area contributed by atoms with E-state index in [2.05, 4.69) is 10.2 Å². The number of nitrogens with zero attached hydrogens (tertiary/aromatic N) is 1. The molecule has 0 spiro atoms. The molecule has 0 saturated carbocycles. The monoisotopic (exact) mass is 256 g/mol. The minimum atomic E-state index is -0.866. The van der Waals surface area contributed by atoms with Gasteiger partial charge < -0.3 is 15.2 Å². The van der Waals surface area contributed by atoms with Gasteiger partial charge in [-0.05, 0) is 19.3 Å². The maximum atomic E-state index is 10.9. The number of rotatable bonds is 4. The molecule has 6 nitrogen and oxygen atoms in total. The Hall–Kier alpha value is -1.14. The quantitative estimate of drug-likeness (QED) is 0.730. The number of carboxylic acids is 1. The van der Waals surface area contributed by atoms with Gasteiger partial charge in [-0.2, -0.15) is 0 Å². The Morgan fingerprint density at radius 3 is 2.78 bits per heavy atom. The van der Waals surface area contributed by atoms with Crippen LogP contribution < -0.4 is 5.32 Å². The lowest BCUT2D eigenvalue weighted by Crippen LogP contribution is -2.37. The molecule has 0 radical (unpaired) electrons. The Labute approximate surface area is 106 Å². The van der Waals surface area contributed by atoms with Gasteiger partial charge in [-0.25, -0.2) is 4.79 Å². The molecular formula is C12H20N2O4. The number of hydrogen-bond acceptors (Lipinski definition) is 4. The lowest BCUT2D eigenvalue weighted by Gasteiger charge is -2.20. The van der Waals surface area contributed by atoms with Crippen LogP contribution in [-0.4, -0.2) is 59.8 Å². The fourth-order valence-corrected chi connectivity index (χ4v) is 2.71. The van der Waals surface area contributed by atoms with Crippen molar-refractivity contribution in [3.63, 3.8) is 0 Å². The second-order valence-electron chi connectivity index (χ2n) is 5.11. The molecule has 2 fully saturated rings. The molecule has 2 saturated heterocycles. The van der Waals surface area contributed by atoms with E-state index in [0.717, 1.165) is 32.5 Å². The highest BCUT2D eigenvalue weighted by Gasteiger charge is 2.33. The van der Waals surface area contributed by atoms with Crippen LogP contribution in [0.5, 0.6) is 0 Å². The molecule has 3 unspecified atom stereocenters. The van der Waals surface area contributed by atoms with Crippen molar-refractivity contribution in [3.05, 3.63) is 0 Å². The standard InChI is InChI=1S/C12H20N2O4/c1-8(15)13-9-4-5-14(6-9)7-10-2-3-11(18-10)12(16)17/h9-11H,2-7H2,1H3,(H,13,15)(H,16,17). The van der Waals surface area contributed by atoms with E-state index in [1.807, 2.05) is 0 Å². The van der Waals surface area contributed by atoms with Crippen molar-refractivity contribution in [1.29, 1.82) is 0 Å². The van der Waals surface area contributed by atoms with Crippen LogP contribution in [0.4, 0.5) is 0 Å². The van der Waals surface area contributed by atoms with E-state index in [0.29, 0.717) is 6.42 Å². The Balaban J connectivity index is 1.72. The summed E-state index contributed by atoms with van der Waals surface area (Å²) >= 11 is 0. The van der Waals surface area contributed by atoms with Gasteiger partial charge in [-0.15, -0.1) is 0 Å². The van der Waals surface area contributed by atoms with E-state index in [-0.39, 0.29) is 18.1 Å². The molecule has 1 amide bonds. The maximum absolute atomic E-state index is 10.9. The van der Waals surface area contributed by atoms with Gasteiger partial charge in [0.05, 0.1) is 6.10 Å². The Morgan fingerprint density at radius 2 is 2.17 bits per heavy atom. The van der Waals surface area contributed by atoms with Gasteiger partial charge in [0.2, 0.25) is 5.91 Å². The molecule has 0 aromatic rings. The molecule has 0 aromatic carbocycles. The normalized spacial score (nSPS) is 32.6. The second kappa shape index (κ2) is 5.67. The van der Waals surface area contributed by atoms with Gasteiger partial charge in [-0.3, -0.25) is 9.69 Å². The van der Waals surface area contributed by atoms with Crippen molar-refractivity contribution in [2.75, 3.05) is 19.6 Å². The summed E-state index contributed by atoms with van der Waals surface area (Å²) in [6, 6.07) is 0.221. The third-order valence-corrected chi connectivity index (χ3v) is 3.52. The number of likely N-dealkylation sites (tertiary alicyclic amines) is 1. The predicted molar refractivity (Wildman–Crippen MR) is 64.2 cm³/mol. The lowest BCUT2D eigenvalue weighted by molar-refractivity contribution is -0.149. The molecule has 6 heteroatoms. The summed E-state index contributed by atoms with van der Waals surface area (Å²) < 4.78 is 5.47. The molecule has 2 rings (SSSR count). The van der Waals surface area contributed by atoms with Crippen molar-refractivity contribution in [3.8, 4) is 0 Å². The van der Waals surface area contributed by atoms with Crippen molar-refractivity contribution in [2.45, 2.75) is 44.4 Å². The Bertz CT molecular complexity index is 334. The van der Waals surface area contributed by atoms with E-state index in [1.165, 1.54) is 6.92 Å².